The summed E-state index contributed by atoms with van der Waals surface area (Å²) in [6.45, 7) is 0. The summed E-state index contributed by atoms with van der Waals surface area (Å²) in [4.78, 5) is 11.8. The molecule has 0 aliphatic carbocycles. The second-order valence-corrected chi connectivity index (χ2v) is 4.85. The van der Waals surface area contributed by atoms with Crippen LogP contribution in [0.25, 0.3) is 0 Å². The van der Waals surface area contributed by atoms with Gasteiger partial charge in [0.2, 0.25) is 0 Å². The number of esters is 1. The lowest BCUT2D eigenvalue weighted by atomic mass is 10.0. The SMILES string of the molecule is COC(=O)C1=NN(c2ccccc2)[C@H](c2ccccc2)C1. The van der Waals surface area contributed by atoms with Crippen LogP contribution < -0.4 is 5.01 Å². The molecule has 3 rings (SSSR count). The van der Waals surface area contributed by atoms with Crippen molar-refractivity contribution in [2.45, 2.75) is 12.5 Å². The number of benzene rings is 2. The van der Waals surface area contributed by atoms with E-state index in [9.17, 15) is 4.79 Å². The minimum Gasteiger partial charge on any atom is -0.464 e. The molecule has 0 aromatic heterocycles. The third kappa shape index (κ3) is 2.65. The fourth-order valence-electron chi connectivity index (χ4n) is 2.50. The molecule has 0 saturated carbocycles. The van der Waals surface area contributed by atoms with Gasteiger partial charge in [-0.2, -0.15) is 5.10 Å². The van der Waals surface area contributed by atoms with Gasteiger partial charge in [-0.1, -0.05) is 48.5 Å². The summed E-state index contributed by atoms with van der Waals surface area (Å²) in [6.07, 6.45) is 0.547. The molecular formula is C17H16N2O2. The molecule has 0 spiro atoms. The monoisotopic (exact) mass is 280 g/mol. The van der Waals surface area contributed by atoms with Gasteiger partial charge in [-0.05, 0) is 17.7 Å². The Bertz CT molecular complexity index is 653. The Morgan fingerprint density at radius 3 is 2.33 bits per heavy atom. The number of carbonyl (C=O) groups is 1. The van der Waals surface area contributed by atoms with Crippen molar-refractivity contribution >= 4 is 17.4 Å². The van der Waals surface area contributed by atoms with Crippen LogP contribution in [0.4, 0.5) is 5.69 Å². The van der Waals surface area contributed by atoms with Gasteiger partial charge < -0.3 is 4.74 Å². The highest BCUT2D eigenvalue weighted by atomic mass is 16.5. The Morgan fingerprint density at radius 2 is 1.71 bits per heavy atom. The number of hydrogen-bond acceptors (Lipinski definition) is 4. The van der Waals surface area contributed by atoms with Crippen LogP contribution >= 0.6 is 0 Å². The molecule has 1 aliphatic rings. The highest BCUT2D eigenvalue weighted by Gasteiger charge is 2.32. The topological polar surface area (TPSA) is 41.9 Å². The van der Waals surface area contributed by atoms with E-state index in [1.165, 1.54) is 7.11 Å². The van der Waals surface area contributed by atoms with Gasteiger partial charge in [0.05, 0.1) is 18.8 Å². The van der Waals surface area contributed by atoms with Crippen molar-refractivity contribution in [1.29, 1.82) is 0 Å². The number of methoxy groups -OCH3 is 1. The number of hydrazone groups is 1. The van der Waals surface area contributed by atoms with E-state index in [1.807, 2.05) is 53.5 Å². The number of hydrogen-bond donors (Lipinski definition) is 0. The molecule has 1 atom stereocenters. The van der Waals surface area contributed by atoms with Crippen LogP contribution in [0.3, 0.4) is 0 Å². The van der Waals surface area contributed by atoms with Gasteiger partial charge >= 0.3 is 5.97 Å². The number of nitrogens with zero attached hydrogens (tertiary/aromatic N) is 2. The van der Waals surface area contributed by atoms with E-state index >= 15 is 0 Å². The van der Waals surface area contributed by atoms with E-state index in [1.54, 1.807) is 0 Å². The van der Waals surface area contributed by atoms with E-state index in [4.69, 9.17) is 4.74 Å². The van der Waals surface area contributed by atoms with Gasteiger partial charge in [-0.25, -0.2) is 4.79 Å². The molecule has 4 heteroatoms. The average Bonchev–Trinajstić information content (AvgIpc) is 3.01. The van der Waals surface area contributed by atoms with Crippen molar-refractivity contribution in [2.75, 3.05) is 12.1 Å². The molecule has 4 nitrogen and oxygen atoms in total. The van der Waals surface area contributed by atoms with Crippen LogP contribution in [0.15, 0.2) is 65.8 Å². The minimum atomic E-state index is -0.366. The molecule has 0 fully saturated rings. The first-order valence-corrected chi connectivity index (χ1v) is 6.84. The lowest BCUT2D eigenvalue weighted by Crippen LogP contribution is -2.18. The Morgan fingerprint density at radius 1 is 1.10 bits per heavy atom. The van der Waals surface area contributed by atoms with Crippen LogP contribution in [0, 0.1) is 0 Å². The predicted molar refractivity (Wildman–Crippen MR) is 82.2 cm³/mol. The zero-order valence-electron chi connectivity index (χ0n) is 11.8. The maximum Gasteiger partial charge on any atom is 0.354 e. The van der Waals surface area contributed by atoms with Crippen molar-refractivity contribution in [3.05, 3.63) is 66.2 Å². The zero-order chi connectivity index (χ0) is 14.7. The highest BCUT2D eigenvalue weighted by Crippen LogP contribution is 2.35. The second-order valence-electron chi connectivity index (χ2n) is 4.85. The molecule has 1 aliphatic heterocycles. The third-order valence-corrected chi connectivity index (χ3v) is 3.54. The van der Waals surface area contributed by atoms with Crippen molar-refractivity contribution in [2.24, 2.45) is 5.10 Å². The van der Waals surface area contributed by atoms with Crippen LogP contribution in [0.2, 0.25) is 0 Å². The highest BCUT2D eigenvalue weighted by molar-refractivity contribution is 6.37. The molecule has 0 unspecified atom stereocenters. The normalized spacial score (nSPS) is 17.5. The molecule has 2 aromatic rings. The molecule has 0 bridgehead atoms. The number of para-hydroxylation sites is 1. The molecule has 0 saturated heterocycles. The molecule has 1 heterocycles. The first-order valence-electron chi connectivity index (χ1n) is 6.84. The summed E-state index contributed by atoms with van der Waals surface area (Å²) in [7, 11) is 1.38. The lowest BCUT2D eigenvalue weighted by molar-refractivity contribution is -0.132. The fourth-order valence-corrected chi connectivity index (χ4v) is 2.50. The number of rotatable bonds is 3. The Kier molecular flexibility index (Phi) is 3.69. The molecule has 21 heavy (non-hydrogen) atoms. The molecule has 2 aromatic carbocycles. The van der Waals surface area contributed by atoms with Crippen LogP contribution in [0.1, 0.15) is 18.0 Å². The van der Waals surface area contributed by atoms with Crippen molar-refractivity contribution in [3.63, 3.8) is 0 Å². The van der Waals surface area contributed by atoms with Gasteiger partial charge in [-0.15, -0.1) is 0 Å². The third-order valence-electron chi connectivity index (χ3n) is 3.54. The molecule has 0 amide bonds. The van der Waals surface area contributed by atoms with Gasteiger partial charge in [0.1, 0.15) is 5.71 Å². The van der Waals surface area contributed by atoms with Crippen LogP contribution in [-0.2, 0) is 9.53 Å². The molecule has 106 valence electrons. The van der Waals surface area contributed by atoms with Gasteiger partial charge in [-0.3, -0.25) is 5.01 Å². The number of carbonyl (C=O) groups excluding carboxylic acids is 1. The van der Waals surface area contributed by atoms with Gasteiger partial charge in [0, 0.05) is 6.42 Å². The lowest BCUT2D eigenvalue weighted by Gasteiger charge is -2.23. The van der Waals surface area contributed by atoms with E-state index in [2.05, 4.69) is 17.2 Å². The Hall–Kier alpha value is -2.62. The molecule has 0 radical (unpaired) electrons. The standard InChI is InChI=1S/C17H16N2O2/c1-21-17(20)15-12-16(13-8-4-2-5-9-13)19(18-15)14-10-6-3-7-11-14/h2-11,16H,12H2,1H3/t16-/m0/s1. The van der Waals surface area contributed by atoms with E-state index < -0.39 is 0 Å². The van der Waals surface area contributed by atoms with Crippen molar-refractivity contribution in [1.82, 2.24) is 0 Å². The van der Waals surface area contributed by atoms with Crippen molar-refractivity contribution in [3.8, 4) is 0 Å². The summed E-state index contributed by atoms with van der Waals surface area (Å²) in [6, 6.07) is 19.9. The number of ether oxygens (including phenoxy) is 1. The summed E-state index contributed by atoms with van der Waals surface area (Å²) in [5, 5.41) is 6.35. The molecule has 0 N–H and O–H groups in total. The Balaban J connectivity index is 1.98. The largest absolute Gasteiger partial charge is 0.464 e. The second kappa shape index (κ2) is 5.79. The fraction of sp³-hybridized carbons (Fsp3) is 0.176. The minimum absolute atomic E-state index is 0.0164. The van der Waals surface area contributed by atoms with Gasteiger partial charge in [0.15, 0.2) is 0 Å². The quantitative estimate of drug-likeness (QED) is 0.811. The van der Waals surface area contributed by atoms with Crippen LogP contribution in [0.5, 0.6) is 0 Å². The summed E-state index contributed by atoms with van der Waals surface area (Å²) in [5.74, 6) is -0.366. The average molecular weight is 280 g/mol. The van der Waals surface area contributed by atoms with E-state index in [-0.39, 0.29) is 12.0 Å². The van der Waals surface area contributed by atoms with Crippen molar-refractivity contribution < 1.29 is 9.53 Å². The summed E-state index contributed by atoms with van der Waals surface area (Å²) in [5.41, 5.74) is 2.55. The summed E-state index contributed by atoms with van der Waals surface area (Å²) < 4.78 is 4.81. The van der Waals surface area contributed by atoms with E-state index in [0.717, 1.165) is 11.3 Å². The Labute approximate surface area is 123 Å². The van der Waals surface area contributed by atoms with Gasteiger partial charge in [0.25, 0.3) is 0 Å². The number of anilines is 1. The van der Waals surface area contributed by atoms with E-state index in [0.29, 0.717) is 12.1 Å². The maximum atomic E-state index is 11.8. The first kappa shape index (κ1) is 13.4. The maximum absolute atomic E-state index is 11.8. The predicted octanol–water partition coefficient (Wildman–Crippen LogP) is 3.17. The zero-order valence-corrected chi connectivity index (χ0v) is 11.8. The van der Waals surface area contributed by atoms with Crippen LogP contribution in [-0.4, -0.2) is 18.8 Å². The molecular weight excluding hydrogens is 264 g/mol. The first-order chi connectivity index (χ1) is 10.3. The smallest absolute Gasteiger partial charge is 0.354 e. The summed E-state index contributed by atoms with van der Waals surface area (Å²) >= 11 is 0.